The number of halogens is 1. The van der Waals surface area contributed by atoms with Gasteiger partial charge in [0, 0.05) is 25.6 Å². The monoisotopic (exact) mass is 551 g/mol. The van der Waals surface area contributed by atoms with Gasteiger partial charge in [-0.25, -0.2) is 8.42 Å². The van der Waals surface area contributed by atoms with Gasteiger partial charge in [-0.1, -0.05) is 44.2 Å². The zero-order chi connectivity index (χ0) is 26.3. The lowest BCUT2D eigenvalue weighted by Gasteiger charge is -2.31. The normalized spacial score (nSPS) is 14.9. The lowest BCUT2D eigenvalue weighted by atomic mass is 10.00. The molecule has 11 heteroatoms. The number of fused-ring (bicyclic) bond motifs is 1. The molecule has 1 aliphatic rings. The summed E-state index contributed by atoms with van der Waals surface area (Å²) in [7, 11) is -4.00. The molecule has 2 aromatic rings. The summed E-state index contributed by atoms with van der Waals surface area (Å²) in [5.74, 6) is 2.64. The first-order valence-electron chi connectivity index (χ1n) is 11.7. The number of nitrogens with zero attached hydrogens (tertiary/aromatic N) is 1. The highest BCUT2D eigenvalue weighted by Crippen LogP contribution is 2.34. The molecule has 0 bridgehead atoms. The predicted molar refractivity (Wildman–Crippen MR) is 143 cm³/mol. The molecule has 0 saturated carbocycles. The molecule has 1 aliphatic heterocycles. The molecule has 0 fully saturated rings. The molecule has 9 nitrogen and oxygen atoms in total. The third kappa shape index (κ3) is 8.09. The van der Waals surface area contributed by atoms with Crippen molar-refractivity contribution < 1.29 is 27.8 Å². The van der Waals surface area contributed by atoms with Crippen LogP contribution in [-0.2, 0) is 21.2 Å². The van der Waals surface area contributed by atoms with Crippen LogP contribution in [0, 0.1) is 18.3 Å². The van der Waals surface area contributed by atoms with E-state index in [0.717, 1.165) is 5.56 Å². The van der Waals surface area contributed by atoms with Crippen LogP contribution in [0.2, 0.25) is 0 Å². The first-order valence-corrected chi connectivity index (χ1v) is 13.2. The van der Waals surface area contributed by atoms with Crippen LogP contribution in [0.3, 0.4) is 0 Å². The zero-order valence-electron chi connectivity index (χ0n) is 20.9. The summed E-state index contributed by atoms with van der Waals surface area (Å²) in [6.07, 6.45) is 4.37. The number of aliphatic hydroxyl groups is 1. The minimum atomic E-state index is -4.00. The fraction of sp³-hybridized carbons (Fsp3) is 0.423. The highest BCUT2D eigenvalue weighted by Gasteiger charge is 2.32. The fourth-order valence-corrected chi connectivity index (χ4v) is 5.50. The first-order chi connectivity index (χ1) is 17.1. The molecule has 202 valence electrons. The fourth-order valence-electron chi connectivity index (χ4n) is 3.86. The van der Waals surface area contributed by atoms with E-state index in [9.17, 15) is 18.3 Å². The van der Waals surface area contributed by atoms with Crippen LogP contribution in [-0.4, -0.2) is 61.8 Å². The Morgan fingerprint density at radius 3 is 2.49 bits per heavy atom. The molecule has 4 N–H and O–H groups in total. The van der Waals surface area contributed by atoms with Crippen LogP contribution in [0.25, 0.3) is 0 Å². The molecule has 0 aromatic heterocycles. The molecule has 0 spiro atoms. The summed E-state index contributed by atoms with van der Waals surface area (Å²) in [6, 6.07) is 12.0. The summed E-state index contributed by atoms with van der Waals surface area (Å²) >= 11 is 0. The van der Waals surface area contributed by atoms with Gasteiger partial charge in [0.15, 0.2) is 11.5 Å². The maximum Gasteiger partial charge on any atom is 0.243 e. The lowest BCUT2D eigenvalue weighted by Crippen LogP contribution is -2.54. The van der Waals surface area contributed by atoms with Crippen molar-refractivity contribution in [1.82, 2.24) is 9.62 Å². The van der Waals surface area contributed by atoms with Gasteiger partial charge < -0.3 is 25.6 Å². The van der Waals surface area contributed by atoms with E-state index in [2.05, 4.69) is 11.2 Å². The Morgan fingerprint density at radius 1 is 1.16 bits per heavy atom. The Kier molecular flexibility index (Phi) is 11.2. The Hall–Kier alpha value is -2.81. The van der Waals surface area contributed by atoms with Gasteiger partial charge >= 0.3 is 0 Å². The van der Waals surface area contributed by atoms with Crippen molar-refractivity contribution in [2.75, 3.05) is 19.9 Å². The Bertz CT molecular complexity index is 1190. The molecule has 1 amide bonds. The van der Waals surface area contributed by atoms with Crippen molar-refractivity contribution in [3.05, 3.63) is 54.1 Å². The van der Waals surface area contributed by atoms with Gasteiger partial charge in [-0.3, -0.25) is 4.79 Å². The zero-order valence-corrected chi connectivity index (χ0v) is 22.5. The summed E-state index contributed by atoms with van der Waals surface area (Å²) in [4.78, 5) is 12.7. The van der Waals surface area contributed by atoms with Crippen molar-refractivity contribution >= 4 is 28.3 Å². The molecule has 0 radical (unpaired) electrons. The first kappa shape index (κ1) is 30.4. The number of amides is 1. The Labute approximate surface area is 224 Å². The highest BCUT2D eigenvalue weighted by molar-refractivity contribution is 7.89. The predicted octanol–water partition coefficient (Wildman–Crippen LogP) is 1.92. The maximum absolute atomic E-state index is 13.6. The van der Waals surface area contributed by atoms with Crippen molar-refractivity contribution in [3.8, 4) is 23.8 Å². The van der Waals surface area contributed by atoms with E-state index in [1.54, 1.807) is 6.07 Å². The smallest absolute Gasteiger partial charge is 0.243 e. The number of nitrogens with two attached hydrogens (primary N) is 1. The second-order valence-corrected chi connectivity index (χ2v) is 11.1. The van der Waals surface area contributed by atoms with E-state index in [1.807, 2.05) is 44.2 Å². The van der Waals surface area contributed by atoms with Gasteiger partial charge in [0.2, 0.25) is 22.7 Å². The minimum Gasteiger partial charge on any atom is -0.454 e. The number of benzene rings is 2. The molecule has 0 unspecified atom stereocenters. The minimum absolute atomic E-state index is 0. The second kappa shape index (κ2) is 13.7. The number of carbonyl (C=O) groups excluding carboxylic acids is 1. The maximum atomic E-state index is 13.6. The largest absolute Gasteiger partial charge is 0.454 e. The number of hydrogen-bond donors (Lipinski definition) is 3. The molecular weight excluding hydrogens is 518 g/mol. The van der Waals surface area contributed by atoms with E-state index in [4.69, 9.17) is 21.6 Å². The van der Waals surface area contributed by atoms with E-state index in [0.29, 0.717) is 11.5 Å². The Morgan fingerprint density at radius 2 is 1.84 bits per heavy atom. The topological polar surface area (TPSA) is 131 Å². The van der Waals surface area contributed by atoms with E-state index in [1.165, 1.54) is 16.4 Å². The summed E-state index contributed by atoms with van der Waals surface area (Å²) < 4.78 is 39.0. The van der Waals surface area contributed by atoms with Crippen molar-refractivity contribution in [2.45, 2.75) is 49.8 Å². The number of terminal acetylenes is 1. The standard InChI is InChI=1S/C26H33N3O6S.ClH/c1-4-8-21(27)26(31)28-22(13-19-9-6-5-7-10-19)23(30)16-29(15-18(2)3)36(32,33)20-11-12-24-25(14-20)35-17-34-24;/h1,5-7,9-12,14,18,21-23,30H,8,13,15-17,27H2,2-3H3,(H,28,31);1H/t21-,22-,23+;/m0./s1. The third-order valence-corrected chi connectivity index (χ3v) is 7.53. The number of nitrogens with one attached hydrogen (secondary N) is 1. The Balaban J connectivity index is 0.00000481. The van der Waals surface area contributed by atoms with Crippen molar-refractivity contribution in [2.24, 2.45) is 11.7 Å². The van der Waals surface area contributed by atoms with Crippen LogP contribution in [0.1, 0.15) is 25.8 Å². The number of hydrogen-bond acceptors (Lipinski definition) is 7. The van der Waals surface area contributed by atoms with Crippen LogP contribution >= 0.6 is 12.4 Å². The second-order valence-electron chi connectivity index (χ2n) is 9.12. The van der Waals surface area contributed by atoms with Crippen LogP contribution in [0.4, 0.5) is 0 Å². The van der Waals surface area contributed by atoms with Gasteiger partial charge in [-0.15, -0.1) is 24.8 Å². The molecular formula is C26H34ClN3O6S. The van der Waals surface area contributed by atoms with E-state index in [-0.39, 0.29) is 55.9 Å². The third-order valence-electron chi connectivity index (χ3n) is 5.71. The SMILES string of the molecule is C#CC[C@H](N)C(=O)N[C@@H](Cc1ccccc1)[C@H](O)CN(CC(C)C)S(=O)(=O)c1ccc2c(c1)OCO2.Cl. The molecule has 3 rings (SSSR count). The average molecular weight is 552 g/mol. The number of carbonyl (C=O) groups is 1. The molecule has 1 heterocycles. The summed E-state index contributed by atoms with van der Waals surface area (Å²) in [5.41, 5.74) is 6.72. The van der Waals surface area contributed by atoms with Gasteiger partial charge in [-0.05, 0) is 30.0 Å². The number of aliphatic hydroxyl groups excluding tert-OH is 1. The van der Waals surface area contributed by atoms with Gasteiger partial charge in [-0.2, -0.15) is 4.31 Å². The van der Waals surface area contributed by atoms with Crippen LogP contribution in [0.5, 0.6) is 11.5 Å². The van der Waals surface area contributed by atoms with Crippen molar-refractivity contribution in [3.63, 3.8) is 0 Å². The number of rotatable bonds is 12. The van der Waals surface area contributed by atoms with Crippen molar-refractivity contribution in [1.29, 1.82) is 0 Å². The highest BCUT2D eigenvalue weighted by atomic mass is 35.5. The van der Waals surface area contributed by atoms with Gasteiger partial charge in [0.05, 0.1) is 23.1 Å². The average Bonchev–Trinajstić information content (AvgIpc) is 3.31. The number of sulfonamides is 1. The van der Waals surface area contributed by atoms with Crippen LogP contribution in [0.15, 0.2) is 53.4 Å². The summed E-state index contributed by atoms with van der Waals surface area (Å²) in [5, 5.41) is 14.0. The van der Waals surface area contributed by atoms with E-state index < -0.39 is 34.1 Å². The number of ether oxygens (including phenoxy) is 2. The molecule has 0 saturated heterocycles. The summed E-state index contributed by atoms with van der Waals surface area (Å²) in [6.45, 7) is 3.72. The molecule has 0 aliphatic carbocycles. The van der Waals surface area contributed by atoms with E-state index >= 15 is 0 Å². The quantitative estimate of drug-likeness (QED) is 0.343. The molecule has 3 atom stereocenters. The van der Waals surface area contributed by atoms with Gasteiger partial charge in [0.25, 0.3) is 0 Å². The van der Waals surface area contributed by atoms with Crippen LogP contribution < -0.4 is 20.5 Å². The van der Waals surface area contributed by atoms with Gasteiger partial charge in [0.1, 0.15) is 0 Å². The molecule has 37 heavy (non-hydrogen) atoms. The lowest BCUT2D eigenvalue weighted by molar-refractivity contribution is -0.123. The molecule has 2 aromatic carbocycles.